The highest BCUT2D eigenvalue weighted by Gasteiger charge is 2.67. The van der Waals surface area contributed by atoms with Gasteiger partial charge in [-0.05, 0) is 70.5 Å². The van der Waals surface area contributed by atoms with Crippen LogP contribution in [0.3, 0.4) is 0 Å². The molecule has 2 aliphatic heterocycles. The summed E-state index contributed by atoms with van der Waals surface area (Å²) in [5, 5.41) is 9.93. The Morgan fingerprint density at radius 3 is 2.48 bits per heavy atom. The van der Waals surface area contributed by atoms with Crippen LogP contribution in [0, 0.1) is 23.2 Å². The number of hydrogen-bond donors (Lipinski definition) is 1. The number of carbonyl (C=O) groups is 2. The van der Waals surface area contributed by atoms with Crippen LogP contribution in [0.15, 0.2) is 0 Å². The third-order valence-electron chi connectivity index (χ3n) is 8.76. The summed E-state index contributed by atoms with van der Waals surface area (Å²) in [6.07, 6.45) is 3.50. The molecule has 2 bridgehead atoms. The lowest BCUT2D eigenvalue weighted by Gasteiger charge is -2.64. The van der Waals surface area contributed by atoms with Crippen LogP contribution in [0.5, 0.6) is 0 Å². The van der Waals surface area contributed by atoms with E-state index < -0.39 is 23.7 Å². The molecule has 7 atom stereocenters. The van der Waals surface area contributed by atoms with Crippen LogP contribution in [-0.2, 0) is 23.6 Å². The van der Waals surface area contributed by atoms with Gasteiger partial charge < -0.3 is 23.9 Å². The van der Waals surface area contributed by atoms with Crippen molar-refractivity contribution in [1.82, 2.24) is 4.90 Å². The van der Waals surface area contributed by atoms with Crippen molar-refractivity contribution in [2.75, 3.05) is 13.7 Å². The van der Waals surface area contributed by atoms with Gasteiger partial charge in [0.05, 0.1) is 24.4 Å². The number of nitrogens with zero attached hydrogens (tertiary/aromatic N) is 1. The van der Waals surface area contributed by atoms with E-state index in [-0.39, 0.29) is 37.4 Å². The lowest BCUT2D eigenvalue weighted by atomic mass is 9.43. The molecule has 5 fully saturated rings. The normalized spacial score (nSPS) is 39.2. The van der Waals surface area contributed by atoms with Gasteiger partial charge in [-0.15, -0.1) is 0 Å². The Morgan fingerprint density at radius 1 is 1.21 bits per heavy atom. The first kappa shape index (κ1) is 24.8. The highest BCUT2D eigenvalue weighted by Crippen LogP contribution is 2.65. The van der Waals surface area contributed by atoms with Gasteiger partial charge in [0, 0.05) is 13.0 Å². The summed E-state index contributed by atoms with van der Waals surface area (Å²) in [7, 11) is 1.31. The number of amides is 1. The van der Waals surface area contributed by atoms with Crippen LogP contribution in [0.1, 0.15) is 67.2 Å². The zero-order chi connectivity index (χ0) is 24.3. The van der Waals surface area contributed by atoms with Crippen molar-refractivity contribution in [3.63, 3.8) is 0 Å². The van der Waals surface area contributed by atoms with Crippen molar-refractivity contribution in [3.05, 3.63) is 0 Å². The second kappa shape index (κ2) is 8.42. The van der Waals surface area contributed by atoms with Crippen molar-refractivity contribution < 1.29 is 33.5 Å². The van der Waals surface area contributed by atoms with Crippen LogP contribution in [0.4, 0.5) is 4.79 Å². The number of rotatable bonds is 6. The zero-order valence-electron chi connectivity index (χ0n) is 21.1. The number of aliphatic carboxylic acids is 1. The van der Waals surface area contributed by atoms with Crippen LogP contribution >= 0.6 is 0 Å². The summed E-state index contributed by atoms with van der Waals surface area (Å²) in [4.78, 5) is 26.1. The van der Waals surface area contributed by atoms with E-state index in [1.807, 2.05) is 0 Å². The standard InChI is InChI=1S/C24H40BNO7/c1-22(2,3)31-21(29)26-13-16(30-7)15(19(26)20(27)28)9-8-10-25-32-18-12-14-11-17(23(14,4)5)24(18,6)33-25/h14-19H,8-13H2,1-7H3,(H,27,28)/t14-,15+,16-,17-,18+,19-,24-/m0/s1. The Labute approximate surface area is 197 Å². The van der Waals surface area contributed by atoms with Crippen LogP contribution in [0.25, 0.3) is 0 Å². The fraction of sp³-hybridized carbons (Fsp3) is 0.917. The molecule has 0 aromatic rings. The number of carboxylic acid groups (broad SMARTS) is 1. The third kappa shape index (κ3) is 4.29. The molecule has 9 heteroatoms. The predicted molar refractivity (Wildman–Crippen MR) is 123 cm³/mol. The molecule has 3 aliphatic carbocycles. The van der Waals surface area contributed by atoms with Crippen LogP contribution in [-0.4, -0.2) is 72.3 Å². The van der Waals surface area contributed by atoms with E-state index in [1.165, 1.54) is 11.3 Å². The monoisotopic (exact) mass is 465 g/mol. The van der Waals surface area contributed by atoms with Gasteiger partial charge in [0.1, 0.15) is 11.6 Å². The molecule has 5 aliphatic rings. The molecule has 3 saturated carbocycles. The largest absolute Gasteiger partial charge is 0.480 e. The molecule has 2 saturated heterocycles. The van der Waals surface area contributed by atoms with Gasteiger partial charge in [-0.25, -0.2) is 9.59 Å². The van der Waals surface area contributed by atoms with Crippen molar-refractivity contribution in [2.24, 2.45) is 23.2 Å². The van der Waals surface area contributed by atoms with Crippen molar-refractivity contribution in [1.29, 1.82) is 0 Å². The minimum absolute atomic E-state index is 0.145. The number of methoxy groups -OCH3 is 1. The number of carbonyl (C=O) groups excluding carboxylic acids is 1. The molecule has 0 spiro atoms. The van der Waals surface area contributed by atoms with E-state index in [4.69, 9.17) is 18.8 Å². The average molecular weight is 465 g/mol. The van der Waals surface area contributed by atoms with Gasteiger partial charge in [0.25, 0.3) is 0 Å². The highest BCUT2D eigenvalue weighted by atomic mass is 16.7. The fourth-order valence-corrected chi connectivity index (χ4v) is 6.89. The molecule has 0 radical (unpaired) electrons. The summed E-state index contributed by atoms with van der Waals surface area (Å²) >= 11 is 0. The summed E-state index contributed by atoms with van der Waals surface area (Å²) in [6.45, 7) is 12.4. The molecule has 0 aromatic carbocycles. The number of likely N-dealkylation sites (tertiary alicyclic amines) is 1. The molecule has 8 nitrogen and oxygen atoms in total. The predicted octanol–water partition coefficient (Wildman–Crippen LogP) is 3.83. The number of ether oxygens (including phenoxy) is 2. The first-order valence-corrected chi connectivity index (χ1v) is 12.4. The summed E-state index contributed by atoms with van der Waals surface area (Å²) in [6, 6.07) is -0.969. The summed E-state index contributed by atoms with van der Waals surface area (Å²) in [5.74, 6) is -0.116. The SMILES string of the molecule is CO[C@H]1CN(C(=O)OC(C)(C)C)[C@H](C(=O)O)[C@@H]1CCCB1O[C@@H]2C[C@@H]3C[C@@H](C3(C)C)[C@]2(C)O1. The number of carboxylic acids is 1. The molecular formula is C24H40BNO7. The second-order valence-electron chi connectivity index (χ2n) is 12.2. The summed E-state index contributed by atoms with van der Waals surface area (Å²) < 4.78 is 23.9. The molecular weight excluding hydrogens is 425 g/mol. The summed E-state index contributed by atoms with van der Waals surface area (Å²) in [5.41, 5.74) is -0.624. The third-order valence-corrected chi connectivity index (χ3v) is 8.76. The first-order chi connectivity index (χ1) is 15.3. The van der Waals surface area contributed by atoms with E-state index in [1.54, 1.807) is 27.9 Å². The van der Waals surface area contributed by atoms with E-state index in [9.17, 15) is 14.7 Å². The molecule has 0 unspecified atom stereocenters. The van der Waals surface area contributed by atoms with Gasteiger partial charge >= 0.3 is 19.2 Å². The van der Waals surface area contributed by atoms with Crippen molar-refractivity contribution >= 4 is 19.2 Å². The topological polar surface area (TPSA) is 94.5 Å². The maximum Gasteiger partial charge on any atom is 0.457 e. The maximum absolute atomic E-state index is 12.7. The van der Waals surface area contributed by atoms with Gasteiger partial charge in [-0.2, -0.15) is 0 Å². The van der Waals surface area contributed by atoms with Gasteiger partial charge in [-0.3, -0.25) is 4.90 Å². The number of hydrogen-bond acceptors (Lipinski definition) is 6. The Kier molecular flexibility index (Phi) is 6.32. The van der Waals surface area contributed by atoms with Crippen molar-refractivity contribution in [3.8, 4) is 0 Å². The lowest BCUT2D eigenvalue weighted by Crippen LogP contribution is -2.65. The van der Waals surface area contributed by atoms with Gasteiger partial charge in [0.15, 0.2) is 0 Å². The Morgan fingerprint density at radius 2 is 1.91 bits per heavy atom. The lowest BCUT2D eigenvalue weighted by molar-refractivity contribution is -0.199. The minimum atomic E-state index is -1.03. The minimum Gasteiger partial charge on any atom is -0.480 e. The molecule has 5 rings (SSSR count). The Bertz CT molecular complexity index is 783. The van der Waals surface area contributed by atoms with E-state index in [0.717, 1.165) is 12.8 Å². The molecule has 186 valence electrons. The molecule has 1 N–H and O–H groups in total. The smallest absolute Gasteiger partial charge is 0.457 e. The second-order valence-corrected chi connectivity index (χ2v) is 12.2. The van der Waals surface area contributed by atoms with E-state index in [2.05, 4.69) is 20.8 Å². The quantitative estimate of drug-likeness (QED) is 0.596. The van der Waals surface area contributed by atoms with Crippen LogP contribution in [0.2, 0.25) is 6.32 Å². The first-order valence-electron chi connectivity index (χ1n) is 12.4. The maximum atomic E-state index is 12.7. The fourth-order valence-electron chi connectivity index (χ4n) is 6.89. The average Bonchev–Trinajstić information content (AvgIpc) is 3.23. The van der Waals surface area contributed by atoms with Crippen LogP contribution < -0.4 is 0 Å². The molecule has 0 aromatic heterocycles. The van der Waals surface area contributed by atoms with Gasteiger partial charge in [0.2, 0.25) is 0 Å². The van der Waals surface area contributed by atoms with E-state index in [0.29, 0.717) is 30.0 Å². The Hall–Kier alpha value is -1.32. The van der Waals surface area contributed by atoms with Crippen molar-refractivity contribution in [2.45, 2.75) is 103 Å². The Balaban J connectivity index is 1.36. The van der Waals surface area contributed by atoms with Gasteiger partial charge in [-0.1, -0.05) is 20.3 Å². The zero-order valence-corrected chi connectivity index (χ0v) is 21.1. The highest BCUT2D eigenvalue weighted by molar-refractivity contribution is 6.45. The molecule has 33 heavy (non-hydrogen) atoms. The molecule has 1 amide bonds. The van der Waals surface area contributed by atoms with E-state index >= 15 is 0 Å². The molecule has 2 heterocycles.